The number of para-hydroxylation sites is 1. The van der Waals surface area contributed by atoms with Crippen LogP contribution in [0.5, 0.6) is 0 Å². The molecular formula is C15H23N3O. The van der Waals surface area contributed by atoms with E-state index in [1.807, 2.05) is 18.2 Å². The Balaban J connectivity index is 2.08. The summed E-state index contributed by atoms with van der Waals surface area (Å²) in [4.78, 5) is 13.7. The maximum Gasteiger partial charge on any atom is 0.221 e. The Hall–Kier alpha value is -1.39. The van der Waals surface area contributed by atoms with Gasteiger partial charge in [-0.25, -0.2) is 0 Å². The van der Waals surface area contributed by atoms with Crippen LogP contribution >= 0.6 is 0 Å². The van der Waals surface area contributed by atoms with Crippen LogP contribution < -0.4 is 10.6 Å². The van der Waals surface area contributed by atoms with Gasteiger partial charge in [0.15, 0.2) is 0 Å². The molecule has 0 atom stereocenters. The van der Waals surface area contributed by atoms with Crippen LogP contribution in [0.1, 0.15) is 26.3 Å². The Labute approximate surface area is 115 Å². The lowest BCUT2D eigenvalue weighted by atomic mass is 10.0. The van der Waals surface area contributed by atoms with Gasteiger partial charge in [0.25, 0.3) is 0 Å². The number of hydrogen-bond acceptors (Lipinski definition) is 3. The zero-order valence-corrected chi connectivity index (χ0v) is 12.0. The first-order valence-electron chi connectivity index (χ1n) is 6.79. The van der Waals surface area contributed by atoms with Gasteiger partial charge in [-0.05, 0) is 25.5 Å². The maximum absolute atomic E-state index is 11.2. The Bertz CT molecular complexity index is 456. The smallest absolute Gasteiger partial charge is 0.221 e. The van der Waals surface area contributed by atoms with E-state index < -0.39 is 0 Å². The number of carbonyl (C=O) groups excluding carboxylic acids is 1. The summed E-state index contributed by atoms with van der Waals surface area (Å²) in [6.07, 6.45) is 0. The van der Waals surface area contributed by atoms with Crippen molar-refractivity contribution in [1.82, 2.24) is 10.2 Å². The molecule has 0 aromatic heterocycles. The summed E-state index contributed by atoms with van der Waals surface area (Å²) in [7, 11) is 0. The van der Waals surface area contributed by atoms with Crippen molar-refractivity contribution in [3.63, 3.8) is 0 Å². The van der Waals surface area contributed by atoms with Crippen LogP contribution in [0.15, 0.2) is 24.3 Å². The Morgan fingerprint density at radius 1 is 1.42 bits per heavy atom. The summed E-state index contributed by atoms with van der Waals surface area (Å²) in [6, 6.07) is 8.02. The van der Waals surface area contributed by atoms with Gasteiger partial charge >= 0.3 is 0 Å². The molecule has 0 unspecified atom stereocenters. The summed E-state index contributed by atoms with van der Waals surface area (Å²) in [6.45, 7) is 9.93. The van der Waals surface area contributed by atoms with E-state index in [0.29, 0.717) is 0 Å². The van der Waals surface area contributed by atoms with Gasteiger partial charge in [0, 0.05) is 44.3 Å². The molecule has 0 radical (unpaired) electrons. The lowest BCUT2D eigenvalue weighted by Gasteiger charge is -2.39. The maximum atomic E-state index is 11.2. The predicted molar refractivity (Wildman–Crippen MR) is 78.1 cm³/mol. The van der Waals surface area contributed by atoms with E-state index in [0.717, 1.165) is 31.9 Å². The van der Waals surface area contributed by atoms with Crippen molar-refractivity contribution in [2.75, 3.05) is 25.0 Å². The molecule has 0 bridgehead atoms. The monoisotopic (exact) mass is 261 g/mol. The number of piperazine rings is 1. The van der Waals surface area contributed by atoms with E-state index in [4.69, 9.17) is 0 Å². The van der Waals surface area contributed by atoms with Gasteiger partial charge in [0.05, 0.1) is 0 Å². The lowest BCUT2D eigenvalue weighted by Crippen LogP contribution is -2.56. The molecule has 1 aromatic carbocycles. The van der Waals surface area contributed by atoms with Gasteiger partial charge < -0.3 is 10.6 Å². The molecule has 1 amide bonds. The van der Waals surface area contributed by atoms with Crippen LogP contribution in [0, 0.1) is 0 Å². The number of hydrogen-bond donors (Lipinski definition) is 2. The third-order valence-electron chi connectivity index (χ3n) is 3.37. The van der Waals surface area contributed by atoms with Gasteiger partial charge in [-0.15, -0.1) is 0 Å². The molecule has 1 aliphatic rings. The third-order valence-corrected chi connectivity index (χ3v) is 3.37. The van der Waals surface area contributed by atoms with E-state index >= 15 is 0 Å². The molecule has 1 aliphatic heterocycles. The van der Waals surface area contributed by atoms with Crippen LogP contribution in [0.2, 0.25) is 0 Å². The second kappa shape index (κ2) is 5.72. The summed E-state index contributed by atoms with van der Waals surface area (Å²) in [5.41, 5.74) is 2.25. The number of benzene rings is 1. The van der Waals surface area contributed by atoms with Crippen molar-refractivity contribution in [2.45, 2.75) is 32.9 Å². The fourth-order valence-corrected chi connectivity index (χ4v) is 2.59. The fourth-order valence-electron chi connectivity index (χ4n) is 2.59. The average molecular weight is 261 g/mol. The van der Waals surface area contributed by atoms with Gasteiger partial charge in [0.2, 0.25) is 5.91 Å². The summed E-state index contributed by atoms with van der Waals surface area (Å²) in [5, 5.41) is 6.41. The quantitative estimate of drug-likeness (QED) is 0.872. The Morgan fingerprint density at radius 2 is 2.16 bits per heavy atom. The first-order valence-corrected chi connectivity index (χ1v) is 6.79. The van der Waals surface area contributed by atoms with Crippen molar-refractivity contribution in [3.05, 3.63) is 29.8 Å². The highest BCUT2D eigenvalue weighted by atomic mass is 16.1. The van der Waals surface area contributed by atoms with E-state index in [1.54, 1.807) is 6.92 Å². The molecule has 4 heteroatoms. The molecule has 19 heavy (non-hydrogen) atoms. The summed E-state index contributed by atoms with van der Waals surface area (Å²) >= 11 is 0. The first kappa shape index (κ1) is 14.0. The van der Waals surface area contributed by atoms with Crippen LogP contribution in [-0.2, 0) is 11.3 Å². The fraction of sp³-hybridized carbons (Fsp3) is 0.533. The molecule has 0 aliphatic carbocycles. The highest BCUT2D eigenvalue weighted by Gasteiger charge is 2.25. The van der Waals surface area contributed by atoms with Crippen molar-refractivity contribution in [2.24, 2.45) is 0 Å². The third kappa shape index (κ3) is 4.04. The predicted octanol–water partition coefficient (Wildman–Crippen LogP) is 1.83. The zero-order valence-electron chi connectivity index (χ0n) is 12.0. The highest BCUT2D eigenvalue weighted by molar-refractivity contribution is 5.89. The van der Waals surface area contributed by atoms with E-state index in [9.17, 15) is 4.79 Å². The van der Waals surface area contributed by atoms with Crippen LogP contribution in [0.25, 0.3) is 0 Å². The van der Waals surface area contributed by atoms with E-state index in [2.05, 4.69) is 35.4 Å². The highest BCUT2D eigenvalue weighted by Crippen LogP contribution is 2.19. The second-order valence-corrected chi connectivity index (χ2v) is 5.86. The molecule has 0 saturated carbocycles. The average Bonchev–Trinajstić information content (AvgIpc) is 2.30. The topological polar surface area (TPSA) is 44.4 Å². The SMILES string of the molecule is CC(=O)Nc1ccccc1CN1CCNC(C)(C)C1. The minimum atomic E-state index is -0.0203. The van der Waals surface area contributed by atoms with Crippen molar-refractivity contribution in [1.29, 1.82) is 0 Å². The van der Waals surface area contributed by atoms with Crippen LogP contribution in [0.4, 0.5) is 5.69 Å². The molecule has 1 heterocycles. The molecule has 2 rings (SSSR count). The summed E-state index contributed by atoms with van der Waals surface area (Å²) < 4.78 is 0. The first-order chi connectivity index (χ1) is 8.96. The second-order valence-electron chi connectivity index (χ2n) is 5.86. The van der Waals surface area contributed by atoms with Crippen LogP contribution in [-0.4, -0.2) is 36.0 Å². The Morgan fingerprint density at radius 3 is 2.84 bits per heavy atom. The van der Waals surface area contributed by atoms with Gasteiger partial charge in [-0.1, -0.05) is 18.2 Å². The van der Waals surface area contributed by atoms with Gasteiger partial charge in [0.1, 0.15) is 0 Å². The number of nitrogens with one attached hydrogen (secondary N) is 2. The number of amides is 1. The molecule has 1 aromatic rings. The van der Waals surface area contributed by atoms with Crippen LogP contribution in [0.3, 0.4) is 0 Å². The standard InChI is InChI=1S/C15H23N3O/c1-12(19)17-14-7-5-4-6-13(14)10-18-9-8-16-15(2,3)11-18/h4-7,16H,8-11H2,1-3H3,(H,17,19). The molecule has 1 saturated heterocycles. The molecule has 104 valence electrons. The summed E-state index contributed by atoms with van der Waals surface area (Å²) in [5.74, 6) is -0.0203. The number of anilines is 1. The van der Waals surface area contributed by atoms with E-state index in [-0.39, 0.29) is 11.4 Å². The zero-order chi connectivity index (χ0) is 13.9. The van der Waals surface area contributed by atoms with Gasteiger partial charge in [-0.2, -0.15) is 0 Å². The van der Waals surface area contributed by atoms with Crippen molar-refractivity contribution >= 4 is 11.6 Å². The number of rotatable bonds is 3. The van der Waals surface area contributed by atoms with Gasteiger partial charge in [-0.3, -0.25) is 9.69 Å². The number of carbonyl (C=O) groups is 1. The molecule has 2 N–H and O–H groups in total. The molecule has 0 spiro atoms. The minimum absolute atomic E-state index is 0.0203. The molecular weight excluding hydrogens is 238 g/mol. The normalized spacial score (nSPS) is 19.1. The Kier molecular flexibility index (Phi) is 4.22. The number of nitrogens with zero attached hydrogens (tertiary/aromatic N) is 1. The lowest BCUT2D eigenvalue weighted by molar-refractivity contribution is -0.114. The molecule has 1 fully saturated rings. The minimum Gasteiger partial charge on any atom is -0.326 e. The van der Waals surface area contributed by atoms with Crippen molar-refractivity contribution < 1.29 is 4.79 Å². The molecule has 4 nitrogen and oxygen atoms in total. The van der Waals surface area contributed by atoms with Crippen molar-refractivity contribution in [3.8, 4) is 0 Å². The van der Waals surface area contributed by atoms with E-state index in [1.165, 1.54) is 5.56 Å². The largest absolute Gasteiger partial charge is 0.326 e.